The molecule has 0 saturated carbocycles. The first kappa shape index (κ1) is 7.66. The summed E-state index contributed by atoms with van der Waals surface area (Å²) in [4.78, 5) is 0. The molecule has 2 nitrogen and oxygen atoms in total. The van der Waals surface area contributed by atoms with E-state index in [0.717, 1.165) is 11.1 Å². The Morgan fingerprint density at radius 1 is 1.00 bits per heavy atom. The Balaban J connectivity index is 3.83. The number of hydrogen-bond acceptors (Lipinski definition) is 2. The van der Waals surface area contributed by atoms with Gasteiger partial charge in [0.25, 0.3) is 0 Å². The van der Waals surface area contributed by atoms with Crippen LogP contribution in [0.3, 0.4) is 0 Å². The van der Waals surface area contributed by atoms with E-state index < -0.39 is 0 Å². The average Bonchev–Trinajstić information content (AvgIpc) is 1.84. The lowest BCUT2D eigenvalue weighted by atomic mass is 10.2. The van der Waals surface area contributed by atoms with Crippen LogP contribution in [0.1, 0.15) is 13.8 Å². The van der Waals surface area contributed by atoms with E-state index in [4.69, 9.17) is 10.2 Å². The van der Waals surface area contributed by atoms with Crippen LogP contribution in [-0.4, -0.2) is 23.4 Å². The van der Waals surface area contributed by atoms with Gasteiger partial charge >= 0.3 is 0 Å². The van der Waals surface area contributed by atoms with Gasteiger partial charge in [0.1, 0.15) is 0 Å². The molecule has 0 aromatic rings. The Hall–Kier alpha value is -0.340. The first-order valence-electron chi connectivity index (χ1n) is 2.59. The van der Waals surface area contributed by atoms with Crippen LogP contribution in [0.15, 0.2) is 11.1 Å². The SMILES string of the molecule is CC(CO)=C(C)CO. The van der Waals surface area contributed by atoms with Gasteiger partial charge in [0.2, 0.25) is 0 Å². The summed E-state index contributed by atoms with van der Waals surface area (Å²) in [7, 11) is 0. The zero-order chi connectivity index (χ0) is 6.57. The van der Waals surface area contributed by atoms with E-state index in [1.807, 2.05) is 0 Å². The van der Waals surface area contributed by atoms with Crippen LogP contribution in [0.5, 0.6) is 0 Å². The standard InChI is InChI=1S/C6H12O2/c1-5(3-7)6(2)4-8/h7-8H,3-4H2,1-2H3. The topological polar surface area (TPSA) is 40.5 Å². The number of hydrogen-bond donors (Lipinski definition) is 2. The lowest BCUT2D eigenvalue weighted by Crippen LogP contribution is -1.93. The fourth-order valence-corrected chi connectivity index (χ4v) is 0.270. The third kappa shape index (κ3) is 2.09. The molecule has 0 bridgehead atoms. The van der Waals surface area contributed by atoms with Crippen LogP contribution in [0.25, 0.3) is 0 Å². The van der Waals surface area contributed by atoms with E-state index in [-0.39, 0.29) is 13.2 Å². The Morgan fingerprint density at radius 2 is 1.25 bits per heavy atom. The van der Waals surface area contributed by atoms with Crippen LogP contribution in [0.4, 0.5) is 0 Å². The lowest BCUT2D eigenvalue weighted by Gasteiger charge is -1.98. The molecule has 0 atom stereocenters. The van der Waals surface area contributed by atoms with Crippen LogP contribution >= 0.6 is 0 Å². The van der Waals surface area contributed by atoms with Crippen LogP contribution in [0, 0.1) is 0 Å². The van der Waals surface area contributed by atoms with E-state index in [1.54, 1.807) is 13.8 Å². The van der Waals surface area contributed by atoms with Crippen molar-refractivity contribution in [1.82, 2.24) is 0 Å². The molecule has 0 rings (SSSR count). The van der Waals surface area contributed by atoms with E-state index in [0.29, 0.717) is 0 Å². The van der Waals surface area contributed by atoms with Gasteiger partial charge in [-0.15, -0.1) is 0 Å². The monoisotopic (exact) mass is 116 g/mol. The summed E-state index contributed by atoms with van der Waals surface area (Å²) in [6, 6.07) is 0. The third-order valence-electron chi connectivity index (χ3n) is 1.20. The molecule has 0 aliphatic carbocycles. The third-order valence-corrected chi connectivity index (χ3v) is 1.20. The van der Waals surface area contributed by atoms with Crippen molar-refractivity contribution in [3.05, 3.63) is 11.1 Å². The number of rotatable bonds is 2. The van der Waals surface area contributed by atoms with Crippen molar-refractivity contribution >= 4 is 0 Å². The summed E-state index contributed by atoms with van der Waals surface area (Å²) in [5.74, 6) is 0. The van der Waals surface area contributed by atoms with Gasteiger partial charge in [-0.2, -0.15) is 0 Å². The van der Waals surface area contributed by atoms with Gasteiger partial charge in [0.05, 0.1) is 13.2 Å². The summed E-state index contributed by atoms with van der Waals surface area (Å²) < 4.78 is 0. The second-order valence-electron chi connectivity index (χ2n) is 1.88. The second kappa shape index (κ2) is 3.64. The highest BCUT2D eigenvalue weighted by Crippen LogP contribution is 1.98. The largest absolute Gasteiger partial charge is 0.392 e. The van der Waals surface area contributed by atoms with Crippen molar-refractivity contribution in [1.29, 1.82) is 0 Å². The van der Waals surface area contributed by atoms with Gasteiger partial charge < -0.3 is 10.2 Å². The van der Waals surface area contributed by atoms with E-state index in [9.17, 15) is 0 Å². The maximum Gasteiger partial charge on any atom is 0.0642 e. The molecule has 0 aromatic heterocycles. The van der Waals surface area contributed by atoms with Crippen LogP contribution in [-0.2, 0) is 0 Å². The Morgan fingerprint density at radius 3 is 1.38 bits per heavy atom. The first-order chi connectivity index (χ1) is 3.72. The lowest BCUT2D eigenvalue weighted by molar-refractivity contribution is 0.311. The molecule has 0 aliphatic heterocycles. The van der Waals surface area contributed by atoms with Crippen LogP contribution in [0.2, 0.25) is 0 Å². The molecule has 48 valence electrons. The van der Waals surface area contributed by atoms with Crippen molar-refractivity contribution in [2.45, 2.75) is 13.8 Å². The molecule has 0 heterocycles. The highest BCUT2D eigenvalue weighted by atomic mass is 16.3. The Bertz CT molecular complexity index is 82.7. The zero-order valence-corrected chi connectivity index (χ0v) is 5.31. The van der Waals surface area contributed by atoms with Gasteiger partial charge in [0.15, 0.2) is 0 Å². The minimum absolute atomic E-state index is 0.0480. The van der Waals surface area contributed by atoms with E-state index in [1.165, 1.54) is 0 Å². The van der Waals surface area contributed by atoms with Gasteiger partial charge in [-0.3, -0.25) is 0 Å². The number of aliphatic hydroxyl groups excluding tert-OH is 2. The van der Waals surface area contributed by atoms with Crippen molar-refractivity contribution < 1.29 is 10.2 Å². The predicted octanol–water partition coefficient (Wildman–Crippen LogP) is 0.307. The Labute approximate surface area is 49.5 Å². The Kier molecular flexibility index (Phi) is 3.48. The highest BCUT2D eigenvalue weighted by Gasteiger charge is 1.90. The molecular weight excluding hydrogens is 104 g/mol. The van der Waals surface area contributed by atoms with Crippen molar-refractivity contribution in [2.75, 3.05) is 13.2 Å². The van der Waals surface area contributed by atoms with Gasteiger partial charge in [-0.25, -0.2) is 0 Å². The van der Waals surface area contributed by atoms with E-state index in [2.05, 4.69) is 0 Å². The molecule has 0 fully saturated rings. The molecule has 0 saturated heterocycles. The molecule has 0 amide bonds. The second-order valence-corrected chi connectivity index (χ2v) is 1.88. The van der Waals surface area contributed by atoms with Gasteiger partial charge in [-0.1, -0.05) is 0 Å². The molecule has 8 heavy (non-hydrogen) atoms. The van der Waals surface area contributed by atoms with Crippen molar-refractivity contribution in [2.24, 2.45) is 0 Å². The molecule has 2 N–H and O–H groups in total. The van der Waals surface area contributed by atoms with E-state index >= 15 is 0 Å². The minimum atomic E-state index is 0.0480. The molecule has 0 radical (unpaired) electrons. The number of aliphatic hydroxyl groups is 2. The van der Waals surface area contributed by atoms with Crippen molar-refractivity contribution in [3.8, 4) is 0 Å². The van der Waals surface area contributed by atoms with Gasteiger partial charge in [0, 0.05) is 0 Å². The molecule has 0 aromatic carbocycles. The minimum Gasteiger partial charge on any atom is -0.392 e. The quantitative estimate of drug-likeness (QED) is 0.510. The van der Waals surface area contributed by atoms with Gasteiger partial charge in [-0.05, 0) is 25.0 Å². The molecule has 2 heteroatoms. The fourth-order valence-electron chi connectivity index (χ4n) is 0.270. The molecule has 0 aliphatic rings. The molecular formula is C6H12O2. The summed E-state index contributed by atoms with van der Waals surface area (Å²) in [6.45, 7) is 3.69. The zero-order valence-electron chi connectivity index (χ0n) is 5.31. The summed E-state index contributed by atoms with van der Waals surface area (Å²) in [5.41, 5.74) is 1.71. The highest BCUT2D eigenvalue weighted by molar-refractivity contribution is 5.09. The molecule has 0 unspecified atom stereocenters. The molecule has 0 spiro atoms. The average molecular weight is 116 g/mol. The van der Waals surface area contributed by atoms with Crippen LogP contribution < -0.4 is 0 Å². The van der Waals surface area contributed by atoms with Crippen molar-refractivity contribution in [3.63, 3.8) is 0 Å². The fraction of sp³-hybridized carbons (Fsp3) is 0.667. The normalized spacial score (nSPS) is 13.5. The predicted molar refractivity (Wildman–Crippen MR) is 32.5 cm³/mol. The maximum atomic E-state index is 8.47. The summed E-state index contributed by atoms with van der Waals surface area (Å²) >= 11 is 0. The smallest absolute Gasteiger partial charge is 0.0642 e. The maximum absolute atomic E-state index is 8.47. The first-order valence-corrected chi connectivity index (χ1v) is 2.59. The summed E-state index contributed by atoms with van der Waals surface area (Å²) in [6.07, 6.45) is 0. The summed E-state index contributed by atoms with van der Waals surface area (Å²) in [5, 5.41) is 16.9.